The molecule has 2 aromatic carbocycles. The topological polar surface area (TPSA) is 66.4 Å². The van der Waals surface area contributed by atoms with Gasteiger partial charge >= 0.3 is 5.97 Å². The molecular weight excluding hydrogens is 358 g/mol. The molecule has 0 spiro atoms. The van der Waals surface area contributed by atoms with Crippen LogP contribution in [0.1, 0.15) is 15.9 Å². The van der Waals surface area contributed by atoms with E-state index >= 15 is 0 Å². The van der Waals surface area contributed by atoms with Crippen LogP contribution in [0, 0.1) is 0 Å². The van der Waals surface area contributed by atoms with E-state index in [1.54, 1.807) is 0 Å². The van der Waals surface area contributed by atoms with Gasteiger partial charge in [0.05, 0.1) is 17.7 Å². The molecule has 4 nitrogen and oxygen atoms in total. The molecule has 0 saturated carbocycles. The summed E-state index contributed by atoms with van der Waals surface area (Å²) in [5.41, 5.74) is 1.03. The molecule has 2 rings (SSSR count). The Balaban J connectivity index is 2.12. The first-order chi connectivity index (χ1) is 9.95. The van der Waals surface area contributed by atoms with Gasteiger partial charge in [0.25, 0.3) is 0 Å². The minimum atomic E-state index is -1.14. The summed E-state index contributed by atoms with van der Waals surface area (Å²) in [6, 6.07) is 11.6. The standard InChI is InChI=1S/C15H11BrClNO3/c16-10-3-1-9(2-4-10)7-14(19)18-13-6-5-11(17)8-12(13)15(20)21/h1-6,8H,7H2,(H,18,19)(H,20,21). The number of hydrogen-bond acceptors (Lipinski definition) is 2. The van der Waals surface area contributed by atoms with Gasteiger partial charge in [0.1, 0.15) is 0 Å². The zero-order valence-electron chi connectivity index (χ0n) is 10.8. The van der Waals surface area contributed by atoms with E-state index in [0.29, 0.717) is 5.02 Å². The van der Waals surface area contributed by atoms with Gasteiger partial charge in [-0.1, -0.05) is 39.7 Å². The lowest BCUT2D eigenvalue weighted by Gasteiger charge is -2.09. The van der Waals surface area contributed by atoms with Gasteiger partial charge in [-0.2, -0.15) is 0 Å². The van der Waals surface area contributed by atoms with Crippen LogP contribution in [0.2, 0.25) is 5.02 Å². The van der Waals surface area contributed by atoms with Crippen LogP contribution in [0.3, 0.4) is 0 Å². The van der Waals surface area contributed by atoms with Gasteiger partial charge < -0.3 is 10.4 Å². The Morgan fingerprint density at radius 2 is 1.81 bits per heavy atom. The number of rotatable bonds is 4. The number of amides is 1. The van der Waals surface area contributed by atoms with E-state index < -0.39 is 5.97 Å². The molecule has 0 unspecified atom stereocenters. The molecule has 0 heterocycles. The van der Waals surface area contributed by atoms with E-state index in [1.807, 2.05) is 24.3 Å². The Hall–Kier alpha value is -1.85. The Morgan fingerprint density at radius 3 is 2.43 bits per heavy atom. The van der Waals surface area contributed by atoms with Crippen LogP contribution >= 0.6 is 27.5 Å². The first-order valence-corrected chi connectivity index (χ1v) is 7.20. The van der Waals surface area contributed by atoms with Crippen molar-refractivity contribution in [3.63, 3.8) is 0 Å². The first-order valence-electron chi connectivity index (χ1n) is 6.03. The number of carbonyl (C=O) groups excluding carboxylic acids is 1. The fraction of sp³-hybridized carbons (Fsp3) is 0.0667. The van der Waals surface area contributed by atoms with Crippen LogP contribution in [0.4, 0.5) is 5.69 Å². The fourth-order valence-corrected chi connectivity index (χ4v) is 2.22. The van der Waals surface area contributed by atoms with E-state index in [-0.39, 0.29) is 23.6 Å². The van der Waals surface area contributed by atoms with E-state index in [2.05, 4.69) is 21.2 Å². The van der Waals surface area contributed by atoms with Gasteiger partial charge in [-0.15, -0.1) is 0 Å². The summed E-state index contributed by atoms with van der Waals surface area (Å²) in [6.07, 6.45) is 0.162. The SMILES string of the molecule is O=C(Cc1ccc(Br)cc1)Nc1ccc(Cl)cc1C(=O)O. The summed E-state index contributed by atoms with van der Waals surface area (Å²) >= 11 is 9.08. The maximum absolute atomic E-state index is 12.0. The van der Waals surface area contributed by atoms with Crippen LogP contribution in [-0.4, -0.2) is 17.0 Å². The van der Waals surface area contributed by atoms with Crippen LogP contribution in [-0.2, 0) is 11.2 Å². The number of benzene rings is 2. The molecule has 21 heavy (non-hydrogen) atoms. The third-order valence-corrected chi connectivity index (χ3v) is 3.53. The second kappa shape index (κ2) is 6.74. The Kier molecular flexibility index (Phi) is 4.98. The number of halogens is 2. The van der Waals surface area contributed by atoms with Crippen molar-refractivity contribution in [1.82, 2.24) is 0 Å². The Bertz CT molecular complexity index is 686. The number of nitrogens with one attached hydrogen (secondary N) is 1. The van der Waals surface area contributed by atoms with E-state index in [4.69, 9.17) is 16.7 Å². The largest absolute Gasteiger partial charge is 0.478 e. The molecule has 0 aromatic heterocycles. The van der Waals surface area contributed by atoms with Gasteiger partial charge in [0.2, 0.25) is 5.91 Å². The highest BCUT2D eigenvalue weighted by Gasteiger charge is 2.13. The van der Waals surface area contributed by atoms with E-state index in [0.717, 1.165) is 10.0 Å². The van der Waals surface area contributed by atoms with Crippen molar-refractivity contribution in [1.29, 1.82) is 0 Å². The summed E-state index contributed by atoms with van der Waals surface area (Å²) < 4.78 is 0.928. The molecular formula is C15H11BrClNO3. The highest BCUT2D eigenvalue weighted by molar-refractivity contribution is 9.10. The minimum absolute atomic E-state index is 0.0355. The zero-order chi connectivity index (χ0) is 15.4. The number of hydrogen-bond donors (Lipinski definition) is 2. The zero-order valence-corrected chi connectivity index (χ0v) is 13.1. The highest BCUT2D eigenvalue weighted by atomic mass is 79.9. The smallest absolute Gasteiger partial charge is 0.337 e. The molecule has 0 saturated heterocycles. The van der Waals surface area contributed by atoms with Gasteiger partial charge in [0.15, 0.2) is 0 Å². The van der Waals surface area contributed by atoms with Crippen LogP contribution in [0.5, 0.6) is 0 Å². The summed E-state index contributed by atoms with van der Waals surface area (Å²) in [7, 11) is 0. The third-order valence-electron chi connectivity index (χ3n) is 2.76. The van der Waals surface area contributed by atoms with Gasteiger partial charge in [0, 0.05) is 9.50 Å². The molecule has 2 aromatic rings. The lowest BCUT2D eigenvalue weighted by atomic mass is 10.1. The van der Waals surface area contributed by atoms with Crippen molar-refractivity contribution in [2.24, 2.45) is 0 Å². The summed E-state index contributed by atoms with van der Waals surface area (Å²) in [5.74, 6) is -1.43. The number of carboxylic acids is 1. The summed E-state index contributed by atoms with van der Waals surface area (Å²) in [5, 5.41) is 12.0. The summed E-state index contributed by atoms with van der Waals surface area (Å²) in [6.45, 7) is 0. The Labute approximate surface area is 134 Å². The van der Waals surface area contributed by atoms with Crippen LogP contribution < -0.4 is 5.32 Å². The fourth-order valence-electron chi connectivity index (χ4n) is 1.78. The van der Waals surface area contributed by atoms with Crippen molar-refractivity contribution < 1.29 is 14.7 Å². The molecule has 6 heteroatoms. The second-order valence-electron chi connectivity index (χ2n) is 4.35. The molecule has 2 N–H and O–H groups in total. The number of aromatic carboxylic acids is 1. The lowest BCUT2D eigenvalue weighted by Crippen LogP contribution is -2.16. The third kappa shape index (κ3) is 4.31. The minimum Gasteiger partial charge on any atom is -0.478 e. The van der Waals surface area contributed by atoms with Crippen molar-refractivity contribution in [2.75, 3.05) is 5.32 Å². The predicted octanol–water partition coefficient (Wildman–Crippen LogP) is 3.98. The van der Waals surface area contributed by atoms with E-state index in [1.165, 1.54) is 18.2 Å². The molecule has 0 bridgehead atoms. The van der Waals surface area contributed by atoms with Crippen molar-refractivity contribution in [3.8, 4) is 0 Å². The maximum Gasteiger partial charge on any atom is 0.337 e. The van der Waals surface area contributed by atoms with Gasteiger partial charge in [-0.25, -0.2) is 4.79 Å². The Morgan fingerprint density at radius 1 is 1.14 bits per heavy atom. The van der Waals surface area contributed by atoms with Crippen molar-refractivity contribution >= 4 is 45.1 Å². The molecule has 0 fully saturated rings. The number of anilines is 1. The number of carbonyl (C=O) groups is 2. The van der Waals surface area contributed by atoms with Crippen molar-refractivity contribution in [2.45, 2.75) is 6.42 Å². The molecule has 0 aliphatic rings. The number of carboxylic acid groups (broad SMARTS) is 1. The average molecular weight is 369 g/mol. The molecule has 0 aliphatic heterocycles. The average Bonchev–Trinajstić information content (AvgIpc) is 2.43. The van der Waals surface area contributed by atoms with E-state index in [9.17, 15) is 9.59 Å². The molecule has 0 atom stereocenters. The molecule has 1 amide bonds. The van der Waals surface area contributed by atoms with Crippen molar-refractivity contribution in [3.05, 3.63) is 63.1 Å². The maximum atomic E-state index is 12.0. The van der Waals surface area contributed by atoms with Crippen LogP contribution in [0.25, 0.3) is 0 Å². The normalized spacial score (nSPS) is 10.2. The molecule has 0 aliphatic carbocycles. The highest BCUT2D eigenvalue weighted by Crippen LogP contribution is 2.21. The van der Waals surface area contributed by atoms with Gasteiger partial charge in [-0.3, -0.25) is 4.79 Å². The van der Waals surface area contributed by atoms with Crippen LogP contribution in [0.15, 0.2) is 46.9 Å². The second-order valence-corrected chi connectivity index (χ2v) is 5.70. The quantitative estimate of drug-likeness (QED) is 0.858. The van der Waals surface area contributed by atoms with Gasteiger partial charge in [-0.05, 0) is 35.9 Å². The predicted molar refractivity (Wildman–Crippen MR) is 84.9 cm³/mol. The lowest BCUT2D eigenvalue weighted by molar-refractivity contribution is -0.115. The monoisotopic (exact) mass is 367 g/mol. The molecule has 108 valence electrons. The molecule has 0 radical (unpaired) electrons. The first kappa shape index (κ1) is 15.5. The summed E-state index contributed by atoms with van der Waals surface area (Å²) in [4.78, 5) is 23.1.